The number of rotatable bonds is 5. The first-order valence-corrected chi connectivity index (χ1v) is 6.26. The maximum absolute atomic E-state index is 11.5. The summed E-state index contributed by atoms with van der Waals surface area (Å²) < 4.78 is 0. The van der Waals surface area contributed by atoms with Crippen molar-refractivity contribution in [3.63, 3.8) is 0 Å². The van der Waals surface area contributed by atoms with E-state index in [0.717, 1.165) is 0 Å². The van der Waals surface area contributed by atoms with Gasteiger partial charge in [0, 0.05) is 17.8 Å². The predicted octanol–water partition coefficient (Wildman–Crippen LogP) is 2.22. The van der Waals surface area contributed by atoms with Crippen molar-refractivity contribution >= 4 is 23.2 Å². The molecule has 0 bridgehead atoms. The SMILES string of the molecule is CC(C)C(C)(CN)Nc1cccc(Cl)c1C(N)=O. The summed E-state index contributed by atoms with van der Waals surface area (Å²) in [6.07, 6.45) is 0. The Morgan fingerprint density at radius 1 is 1.50 bits per heavy atom. The highest BCUT2D eigenvalue weighted by Gasteiger charge is 2.28. The first kappa shape index (κ1) is 14.8. The quantitative estimate of drug-likeness (QED) is 0.767. The standard InChI is InChI=1S/C13H20ClN3O/c1-8(2)13(3,7-15)17-10-6-4-5-9(14)11(10)12(16)18/h4-6,8,17H,7,15H2,1-3H3,(H2,16,18). The highest BCUT2D eigenvalue weighted by Crippen LogP contribution is 2.28. The molecular weight excluding hydrogens is 250 g/mol. The summed E-state index contributed by atoms with van der Waals surface area (Å²) in [6.45, 7) is 6.57. The number of benzene rings is 1. The van der Waals surface area contributed by atoms with E-state index in [0.29, 0.717) is 28.7 Å². The molecule has 0 heterocycles. The average molecular weight is 270 g/mol. The van der Waals surface area contributed by atoms with Crippen molar-refractivity contribution in [3.8, 4) is 0 Å². The second-order valence-electron chi connectivity index (χ2n) is 4.93. The highest BCUT2D eigenvalue weighted by atomic mass is 35.5. The van der Waals surface area contributed by atoms with Gasteiger partial charge in [0.2, 0.25) is 0 Å². The number of hydrogen-bond acceptors (Lipinski definition) is 3. The lowest BCUT2D eigenvalue weighted by atomic mass is 9.88. The van der Waals surface area contributed by atoms with Crippen LogP contribution in [0.5, 0.6) is 0 Å². The second-order valence-corrected chi connectivity index (χ2v) is 5.34. The molecule has 0 aliphatic carbocycles. The van der Waals surface area contributed by atoms with E-state index in [1.165, 1.54) is 0 Å². The highest BCUT2D eigenvalue weighted by molar-refractivity contribution is 6.34. The number of hydrogen-bond donors (Lipinski definition) is 3. The Morgan fingerprint density at radius 3 is 2.56 bits per heavy atom. The summed E-state index contributed by atoms with van der Waals surface area (Å²) in [4.78, 5) is 11.5. The van der Waals surface area contributed by atoms with Gasteiger partial charge in [-0.2, -0.15) is 0 Å². The van der Waals surface area contributed by atoms with E-state index in [9.17, 15) is 4.79 Å². The van der Waals surface area contributed by atoms with Crippen LogP contribution in [-0.2, 0) is 0 Å². The van der Waals surface area contributed by atoms with E-state index in [-0.39, 0.29) is 5.54 Å². The summed E-state index contributed by atoms with van der Waals surface area (Å²) >= 11 is 6.00. The number of amides is 1. The molecule has 1 unspecified atom stereocenters. The molecule has 0 spiro atoms. The summed E-state index contributed by atoms with van der Waals surface area (Å²) in [5.74, 6) is -0.256. The van der Waals surface area contributed by atoms with Crippen LogP contribution in [0.25, 0.3) is 0 Å². The third kappa shape index (κ3) is 2.94. The van der Waals surface area contributed by atoms with Crippen LogP contribution in [0.15, 0.2) is 18.2 Å². The zero-order valence-corrected chi connectivity index (χ0v) is 11.7. The normalized spacial score (nSPS) is 14.3. The third-order valence-corrected chi connectivity index (χ3v) is 3.69. The van der Waals surface area contributed by atoms with Gasteiger partial charge >= 0.3 is 0 Å². The lowest BCUT2D eigenvalue weighted by Gasteiger charge is -2.35. The largest absolute Gasteiger partial charge is 0.378 e. The Kier molecular flexibility index (Phi) is 4.59. The predicted molar refractivity (Wildman–Crippen MR) is 75.9 cm³/mol. The molecule has 4 nitrogen and oxygen atoms in total. The molecular formula is C13H20ClN3O. The minimum Gasteiger partial charge on any atom is -0.378 e. The van der Waals surface area contributed by atoms with Gasteiger partial charge in [0.15, 0.2) is 0 Å². The number of carbonyl (C=O) groups excluding carboxylic acids is 1. The van der Waals surface area contributed by atoms with Crippen molar-refractivity contribution < 1.29 is 4.79 Å². The molecule has 0 aliphatic rings. The van der Waals surface area contributed by atoms with E-state index < -0.39 is 5.91 Å². The minimum atomic E-state index is -0.550. The fourth-order valence-corrected chi connectivity index (χ4v) is 1.89. The van der Waals surface area contributed by atoms with Crippen molar-refractivity contribution in [2.24, 2.45) is 17.4 Å². The monoisotopic (exact) mass is 269 g/mol. The summed E-state index contributed by atoms with van der Waals surface area (Å²) in [5, 5.41) is 3.63. The Balaban J connectivity index is 3.19. The number of primary amides is 1. The van der Waals surface area contributed by atoms with Gasteiger partial charge in [0.1, 0.15) is 0 Å². The Bertz CT molecular complexity index is 448. The topological polar surface area (TPSA) is 81.1 Å². The fourth-order valence-electron chi connectivity index (χ4n) is 1.62. The molecule has 100 valence electrons. The number of nitrogens with one attached hydrogen (secondary N) is 1. The van der Waals surface area contributed by atoms with Crippen LogP contribution in [0.3, 0.4) is 0 Å². The minimum absolute atomic E-state index is 0.294. The van der Waals surface area contributed by atoms with Crippen molar-refractivity contribution in [1.29, 1.82) is 0 Å². The zero-order chi connectivity index (χ0) is 13.9. The van der Waals surface area contributed by atoms with Crippen LogP contribution >= 0.6 is 11.6 Å². The molecule has 0 aromatic heterocycles. The smallest absolute Gasteiger partial charge is 0.252 e. The van der Waals surface area contributed by atoms with Crippen molar-refractivity contribution in [2.45, 2.75) is 26.3 Å². The molecule has 1 rings (SSSR count). The molecule has 1 aromatic rings. The first-order chi connectivity index (χ1) is 8.31. The molecule has 0 radical (unpaired) electrons. The molecule has 1 atom stereocenters. The summed E-state index contributed by atoms with van der Waals surface area (Å²) in [7, 11) is 0. The van der Waals surface area contributed by atoms with Gasteiger partial charge in [0.05, 0.1) is 10.6 Å². The van der Waals surface area contributed by atoms with Crippen LogP contribution in [0.1, 0.15) is 31.1 Å². The van der Waals surface area contributed by atoms with Gasteiger partial charge in [-0.15, -0.1) is 0 Å². The van der Waals surface area contributed by atoms with Crippen LogP contribution in [0.4, 0.5) is 5.69 Å². The number of anilines is 1. The number of nitrogens with two attached hydrogens (primary N) is 2. The molecule has 1 amide bonds. The van der Waals surface area contributed by atoms with E-state index >= 15 is 0 Å². The molecule has 0 saturated heterocycles. The van der Waals surface area contributed by atoms with Crippen LogP contribution in [-0.4, -0.2) is 18.0 Å². The number of carbonyl (C=O) groups is 1. The van der Waals surface area contributed by atoms with Crippen molar-refractivity contribution in [1.82, 2.24) is 0 Å². The molecule has 0 saturated carbocycles. The van der Waals surface area contributed by atoms with Gasteiger partial charge in [0.25, 0.3) is 5.91 Å². The Labute approximate surface area is 113 Å². The van der Waals surface area contributed by atoms with Crippen molar-refractivity contribution in [2.75, 3.05) is 11.9 Å². The van der Waals surface area contributed by atoms with E-state index in [2.05, 4.69) is 19.2 Å². The fraction of sp³-hybridized carbons (Fsp3) is 0.462. The van der Waals surface area contributed by atoms with E-state index in [1.54, 1.807) is 18.2 Å². The number of halogens is 1. The van der Waals surface area contributed by atoms with Gasteiger partial charge in [-0.25, -0.2) is 0 Å². The Morgan fingerprint density at radius 2 is 2.11 bits per heavy atom. The summed E-state index contributed by atoms with van der Waals surface area (Å²) in [5.41, 5.74) is 11.8. The first-order valence-electron chi connectivity index (χ1n) is 5.88. The molecule has 5 heteroatoms. The molecule has 18 heavy (non-hydrogen) atoms. The van der Waals surface area contributed by atoms with E-state index in [1.807, 2.05) is 6.92 Å². The molecule has 1 aromatic carbocycles. The van der Waals surface area contributed by atoms with Crippen LogP contribution < -0.4 is 16.8 Å². The maximum atomic E-state index is 11.5. The van der Waals surface area contributed by atoms with Gasteiger partial charge in [-0.3, -0.25) is 4.79 Å². The zero-order valence-electron chi connectivity index (χ0n) is 11.0. The lowest BCUT2D eigenvalue weighted by Crippen LogP contribution is -2.47. The van der Waals surface area contributed by atoms with Crippen LogP contribution in [0, 0.1) is 5.92 Å². The maximum Gasteiger partial charge on any atom is 0.252 e. The van der Waals surface area contributed by atoms with E-state index in [4.69, 9.17) is 23.1 Å². The Hall–Kier alpha value is -1.26. The van der Waals surface area contributed by atoms with Crippen LogP contribution in [0.2, 0.25) is 5.02 Å². The third-order valence-electron chi connectivity index (χ3n) is 3.38. The van der Waals surface area contributed by atoms with Crippen molar-refractivity contribution in [3.05, 3.63) is 28.8 Å². The van der Waals surface area contributed by atoms with Gasteiger partial charge in [-0.1, -0.05) is 31.5 Å². The van der Waals surface area contributed by atoms with Gasteiger partial charge in [-0.05, 0) is 25.0 Å². The molecule has 5 N–H and O–H groups in total. The average Bonchev–Trinajstić information content (AvgIpc) is 2.28. The molecule has 0 fully saturated rings. The summed E-state index contributed by atoms with van der Waals surface area (Å²) in [6, 6.07) is 5.19. The lowest BCUT2D eigenvalue weighted by molar-refractivity contribution is 0.100. The van der Waals surface area contributed by atoms with Gasteiger partial charge < -0.3 is 16.8 Å². The second kappa shape index (κ2) is 5.59. The molecule has 0 aliphatic heterocycles.